The maximum atomic E-state index is 5.83. The van der Waals surface area contributed by atoms with Gasteiger partial charge in [0.25, 0.3) is 0 Å². The van der Waals surface area contributed by atoms with Crippen molar-refractivity contribution >= 4 is 0 Å². The molecule has 0 spiro atoms. The highest BCUT2D eigenvalue weighted by molar-refractivity contribution is 4.92. The molecule has 62 valence electrons. The fourth-order valence-electron chi connectivity index (χ4n) is 0.863. The average Bonchev–Trinajstić information content (AvgIpc) is 1.84. The second-order valence-corrected chi connectivity index (χ2v) is 3.17. The Hall–Kier alpha value is -0.120. The Kier molecular flexibility index (Phi) is 2.83. The van der Waals surface area contributed by atoms with Gasteiger partial charge in [0.2, 0.25) is 0 Å². The molecule has 1 atom stereocenters. The summed E-state index contributed by atoms with van der Waals surface area (Å²) < 4.78 is 5.10. The van der Waals surface area contributed by atoms with E-state index >= 15 is 0 Å². The van der Waals surface area contributed by atoms with Crippen molar-refractivity contribution in [2.45, 2.75) is 38.5 Å². The summed E-state index contributed by atoms with van der Waals surface area (Å²) in [5, 5.41) is 0. The van der Waals surface area contributed by atoms with Crippen LogP contribution in [-0.2, 0) is 4.74 Å². The van der Waals surface area contributed by atoms with Crippen LogP contribution in [0.2, 0.25) is 0 Å². The van der Waals surface area contributed by atoms with E-state index < -0.39 is 11.3 Å². The minimum Gasteiger partial charge on any atom is -0.362 e. The molecule has 0 saturated heterocycles. The summed E-state index contributed by atoms with van der Waals surface area (Å²) in [6.07, 6.45) is 0.715. The number of hydrogen-bond acceptors (Lipinski definition) is 3. The van der Waals surface area contributed by atoms with Crippen molar-refractivity contribution in [3.63, 3.8) is 0 Å². The Morgan fingerprint density at radius 3 is 1.70 bits per heavy atom. The largest absolute Gasteiger partial charge is 0.362 e. The molecule has 0 heterocycles. The zero-order valence-corrected chi connectivity index (χ0v) is 7.27. The van der Waals surface area contributed by atoms with Gasteiger partial charge >= 0.3 is 0 Å². The van der Waals surface area contributed by atoms with Crippen molar-refractivity contribution in [1.29, 1.82) is 0 Å². The van der Waals surface area contributed by atoms with E-state index in [1.807, 2.05) is 20.8 Å². The molecule has 0 rings (SSSR count). The summed E-state index contributed by atoms with van der Waals surface area (Å²) in [5.41, 5.74) is 10.4. The summed E-state index contributed by atoms with van der Waals surface area (Å²) in [6.45, 7) is 5.68. The third-order valence-electron chi connectivity index (χ3n) is 1.98. The zero-order valence-electron chi connectivity index (χ0n) is 7.27. The van der Waals surface area contributed by atoms with Gasteiger partial charge in [-0.05, 0) is 20.3 Å². The van der Waals surface area contributed by atoms with E-state index in [1.54, 1.807) is 7.11 Å². The summed E-state index contributed by atoms with van der Waals surface area (Å²) >= 11 is 0. The van der Waals surface area contributed by atoms with Gasteiger partial charge in [0.15, 0.2) is 0 Å². The molecule has 1 unspecified atom stereocenters. The molecule has 0 amide bonds. The smallest absolute Gasteiger partial charge is 0.133 e. The fourth-order valence-corrected chi connectivity index (χ4v) is 0.863. The van der Waals surface area contributed by atoms with Crippen LogP contribution in [0.5, 0.6) is 0 Å². The lowest BCUT2D eigenvalue weighted by Gasteiger charge is -2.39. The molecule has 4 N–H and O–H groups in total. The molecule has 0 fully saturated rings. The highest BCUT2D eigenvalue weighted by Gasteiger charge is 2.37. The van der Waals surface area contributed by atoms with Crippen molar-refractivity contribution < 1.29 is 4.74 Å². The van der Waals surface area contributed by atoms with Gasteiger partial charge in [-0.3, -0.25) is 0 Å². The Morgan fingerprint density at radius 2 is 1.70 bits per heavy atom. The van der Waals surface area contributed by atoms with E-state index in [0.29, 0.717) is 6.42 Å². The second-order valence-electron chi connectivity index (χ2n) is 3.17. The van der Waals surface area contributed by atoms with Gasteiger partial charge in [-0.2, -0.15) is 0 Å². The van der Waals surface area contributed by atoms with Crippen molar-refractivity contribution in [1.82, 2.24) is 0 Å². The molecule has 3 heteroatoms. The topological polar surface area (TPSA) is 61.3 Å². The van der Waals surface area contributed by atoms with E-state index in [4.69, 9.17) is 16.2 Å². The molecular formula is C7H18N2O. The molecule has 0 aliphatic carbocycles. The van der Waals surface area contributed by atoms with Crippen molar-refractivity contribution in [2.75, 3.05) is 7.11 Å². The zero-order chi connectivity index (χ0) is 8.41. The maximum absolute atomic E-state index is 5.83. The monoisotopic (exact) mass is 146 g/mol. The van der Waals surface area contributed by atoms with Crippen LogP contribution in [0, 0.1) is 0 Å². The number of rotatable bonds is 3. The highest BCUT2D eigenvalue weighted by Crippen LogP contribution is 2.20. The van der Waals surface area contributed by atoms with Gasteiger partial charge in [-0.1, -0.05) is 6.92 Å². The van der Waals surface area contributed by atoms with Gasteiger partial charge in [0, 0.05) is 7.11 Å². The first-order valence-electron chi connectivity index (χ1n) is 3.50. The molecule has 0 saturated carbocycles. The van der Waals surface area contributed by atoms with Gasteiger partial charge in [0.1, 0.15) is 5.72 Å². The second kappa shape index (κ2) is 2.86. The van der Waals surface area contributed by atoms with E-state index in [2.05, 4.69) is 0 Å². The number of ether oxygens (including phenoxy) is 1. The van der Waals surface area contributed by atoms with Gasteiger partial charge in [-0.15, -0.1) is 0 Å². The Labute approximate surface area is 62.7 Å². The Morgan fingerprint density at radius 1 is 1.30 bits per heavy atom. The van der Waals surface area contributed by atoms with Crippen LogP contribution in [0.4, 0.5) is 0 Å². The average molecular weight is 146 g/mol. The normalized spacial score (nSPS) is 18.6. The first-order chi connectivity index (χ1) is 4.37. The third-order valence-corrected chi connectivity index (χ3v) is 1.98. The van der Waals surface area contributed by atoms with Crippen LogP contribution in [0.3, 0.4) is 0 Å². The van der Waals surface area contributed by atoms with E-state index in [1.165, 1.54) is 0 Å². The fraction of sp³-hybridized carbons (Fsp3) is 1.00. The number of methoxy groups -OCH3 is 1. The highest BCUT2D eigenvalue weighted by atomic mass is 16.5. The summed E-state index contributed by atoms with van der Waals surface area (Å²) in [6, 6.07) is 0. The minimum absolute atomic E-state index is 0.490. The van der Waals surface area contributed by atoms with Gasteiger partial charge in [0.05, 0.1) is 5.54 Å². The van der Waals surface area contributed by atoms with E-state index in [0.717, 1.165) is 0 Å². The molecule has 0 bridgehead atoms. The molecule has 0 radical (unpaired) electrons. The standard InChI is InChI=1S/C7H18N2O/c1-5-7(9,10-4)6(2,3)8/h5,8-9H2,1-4H3. The summed E-state index contributed by atoms with van der Waals surface area (Å²) in [4.78, 5) is 0. The Bertz CT molecular complexity index is 103. The van der Waals surface area contributed by atoms with E-state index in [-0.39, 0.29) is 0 Å². The predicted molar refractivity (Wildman–Crippen MR) is 42.5 cm³/mol. The lowest BCUT2D eigenvalue weighted by atomic mass is 9.90. The van der Waals surface area contributed by atoms with Crippen LogP contribution in [-0.4, -0.2) is 18.4 Å². The number of hydrogen-bond donors (Lipinski definition) is 2. The molecule has 10 heavy (non-hydrogen) atoms. The van der Waals surface area contributed by atoms with Crippen LogP contribution < -0.4 is 11.5 Å². The first-order valence-corrected chi connectivity index (χ1v) is 3.50. The lowest BCUT2D eigenvalue weighted by molar-refractivity contribution is -0.0588. The van der Waals surface area contributed by atoms with Crippen LogP contribution >= 0.6 is 0 Å². The quantitative estimate of drug-likeness (QED) is 0.568. The van der Waals surface area contributed by atoms with Crippen molar-refractivity contribution in [3.8, 4) is 0 Å². The van der Waals surface area contributed by atoms with Crippen molar-refractivity contribution in [2.24, 2.45) is 11.5 Å². The van der Waals surface area contributed by atoms with Crippen LogP contribution in [0.25, 0.3) is 0 Å². The minimum atomic E-state index is -0.701. The summed E-state index contributed by atoms with van der Waals surface area (Å²) in [5.74, 6) is 0. The Balaban J connectivity index is 4.33. The van der Waals surface area contributed by atoms with Crippen molar-refractivity contribution in [3.05, 3.63) is 0 Å². The summed E-state index contributed by atoms with van der Waals surface area (Å²) in [7, 11) is 1.58. The number of nitrogens with two attached hydrogens (primary N) is 2. The molecule has 0 aromatic heterocycles. The lowest BCUT2D eigenvalue weighted by Crippen LogP contribution is -2.63. The van der Waals surface area contributed by atoms with Gasteiger partial charge < -0.3 is 16.2 Å². The molecule has 0 aliphatic rings. The molecule has 0 aliphatic heterocycles. The van der Waals surface area contributed by atoms with Crippen LogP contribution in [0.15, 0.2) is 0 Å². The predicted octanol–water partition coefficient (Wildman–Crippen LogP) is 0.435. The molecule has 3 nitrogen and oxygen atoms in total. The molecular weight excluding hydrogens is 128 g/mol. The van der Waals surface area contributed by atoms with Crippen LogP contribution in [0.1, 0.15) is 27.2 Å². The maximum Gasteiger partial charge on any atom is 0.133 e. The molecule has 0 aromatic carbocycles. The SMILES string of the molecule is CCC(N)(OC)C(C)(C)N. The molecule has 0 aromatic rings. The van der Waals surface area contributed by atoms with E-state index in [9.17, 15) is 0 Å². The first kappa shape index (κ1) is 9.88. The van der Waals surface area contributed by atoms with Gasteiger partial charge in [-0.25, -0.2) is 0 Å². The third kappa shape index (κ3) is 1.68.